The summed E-state index contributed by atoms with van der Waals surface area (Å²) >= 11 is 0. The number of guanidine groups is 1. The minimum Gasteiger partial charge on any atom is -0.370 e. The quantitative estimate of drug-likeness (QED) is 0.0125. The third-order valence-electron chi connectivity index (χ3n) is 14.3. The van der Waals surface area contributed by atoms with Crippen LogP contribution in [-0.2, 0) is 54.4 Å². The Hall–Kier alpha value is -7.57. The molecule has 504 valence electrons. The van der Waals surface area contributed by atoms with Crippen LogP contribution in [0.4, 0.5) is 13.2 Å². The predicted octanol–water partition coefficient (Wildman–Crippen LogP) is -5.69. The van der Waals surface area contributed by atoms with Crippen molar-refractivity contribution in [2.24, 2.45) is 51.8 Å². The number of hydrogen-bond acceptors (Lipinski definition) is 19. The van der Waals surface area contributed by atoms with Gasteiger partial charge in [0.05, 0.1) is 24.8 Å². The maximum Gasteiger partial charge on any atom is 0.393 e. The van der Waals surface area contributed by atoms with Crippen molar-refractivity contribution in [3.8, 4) is 0 Å². The molecule has 1 fully saturated rings. The van der Waals surface area contributed by atoms with Crippen LogP contribution in [0.2, 0.25) is 0 Å². The Kier molecular flexibility index (Phi) is 36.9. The average molecular weight is 1270 g/mol. The molecule has 35 heteroatoms. The second-order valence-corrected chi connectivity index (χ2v) is 21.5. The van der Waals surface area contributed by atoms with Crippen LogP contribution in [0.15, 0.2) is 24.3 Å². The van der Waals surface area contributed by atoms with Crippen LogP contribution in [0.25, 0.3) is 0 Å². The molecule has 0 aromatic carbocycles. The van der Waals surface area contributed by atoms with Gasteiger partial charge in [-0.05, 0) is 143 Å². The van der Waals surface area contributed by atoms with Crippen molar-refractivity contribution in [2.45, 2.75) is 171 Å². The molecular weight excluding hydrogens is 1170 g/mol. The Labute approximate surface area is 516 Å². The van der Waals surface area contributed by atoms with Crippen molar-refractivity contribution in [3.63, 3.8) is 0 Å². The lowest BCUT2D eigenvalue weighted by Crippen LogP contribution is -2.59. The fourth-order valence-electron chi connectivity index (χ4n) is 9.22. The summed E-state index contributed by atoms with van der Waals surface area (Å²) in [6.45, 7) is 0.975. The molecule has 89 heavy (non-hydrogen) atoms. The maximum atomic E-state index is 14.6. The number of alkyl halides is 3. The second kappa shape index (κ2) is 42.4. The van der Waals surface area contributed by atoms with E-state index in [0.717, 1.165) is 0 Å². The number of imidazole rings is 1. The van der Waals surface area contributed by atoms with E-state index in [-0.39, 0.29) is 101 Å². The first-order valence-corrected chi connectivity index (χ1v) is 30.1. The number of unbranched alkanes of at least 4 members (excludes halogenated alkanes) is 4. The normalized spacial score (nSPS) is 16.4. The number of halogens is 3. The van der Waals surface area contributed by atoms with Gasteiger partial charge in [0, 0.05) is 37.9 Å². The molecule has 1 aromatic rings. The first-order valence-electron chi connectivity index (χ1n) is 30.1. The molecular formula is C54H97F3N22O10. The average Bonchev–Trinajstić information content (AvgIpc) is 1.94. The van der Waals surface area contributed by atoms with Crippen LogP contribution in [0.5, 0.6) is 0 Å². The van der Waals surface area contributed by atoms with Crippen molar-refractivity contribution in [1.29, 1.82) is 5.41 Å². The van der Waals surface area contributed by atoms with Crippen molar-refractivity contribution in [2.75, 3.05) is 65.4 Å². The fraction of sp³-hybridized carbons (Fsp3) is 0.704. The molecule has 32 nitrogen and oxygen atoms in total. The molecule has 2 rings (SSSR count). The van der Waals surface area contributed by atoms with E-state index in [9.17, 15) is 61.1 Å². The number of rotatable bonds is 44. The number of aromatic nitrogens is 2. The highest BCUT2D eigenvalue weighted by atomic mass is 19.4. The van der Waals surface area contributed by atoms with Crippen molar-refractivity contribution in [1.82, 2.24) is 68.0 Å². The van der Waals surface area contributed by atoms with Crippen LogP contribution in [0.3, 0.4) is 0 Å². The second-order valence-electron chi connectivity index (χ2n) is 21.5. The summed E-state index contributed by atoms with van der Waals surface area (Å²) in [5.41, 5.74) is 45.3. The predicted molar refractivity (Wildman–Crippen MR) is 323 cm³/mol. The molecule has 0 saturated carbocycles. The summed E-state index contributed by atoms with van der Waals surface area (Å²) in [4.78, 5) is 145. The van der Waals surface area contributed by atoms with Crippen molar-refractivity contribution in [3.05, 3.63) is 30.0 Å². The lowest BCUT2D eigenvalue weighted by atomic mass is 10.0. The van der Waals surface area contributed by atoms with Gasteiger partial charge in [0.25, 0.3) is 5.91 Å². The topological polar surface area (TPSA) is 555 Å². The molecule has 2 heterocycles. The van der Waals surface area contributed by atoms with Crippen LogP contribution >= 0.6 is 0 Å². The molecule has 0 radical (unpaired) electrons. The number of aromatic amines is 1. The number of nitrogens with one attached hydrogen (secondary N) is 12. The zero-order chi connectivity index (χ0) is 66.5. The Morgan fingerprint density at radius 3 is 1.80 bits per heavy atom. The molecule has 0 aliphatic carbocycles. The monoisotopic (exact) mass is 1270 g/mol. The smallest absolute Gasteiger partial charge is 0.370 e. The molecule has 10 amide bonds. The fourth-order valence-corrected chi connectivity index (χ4v) is 9.22. The van der Waals surface area contributed by atoms with Gasteiger partial charge in [0.15, 0.2) is 5.96 Å². The Bertz CT molecular complexity index is 2440. The number of carbonyl (C=O) groups is 10. The molecule has 1 aromatic heterocycles. The third-order valence-corrected chi connectivity index (χ3v) is 14.3. The zero-order valence-electron chi connectivity index (χ0n) is 50.7. The maximum absolute atomic E-state index is 14.6. The largest absolute Gasteiger partial charge is 0.393 e. The molecule has 1 aliphatic rings. The molecule has 0 spiro atoms. The third kappa shape index (κ3) is 29.5. The number of hydrogen-bond donors (Lipinski definition) is 20. The zero-order valence-corrected chi connectivity index (χ0v) is 50.7. The van der Waals surface area contributed by atoms with E-state index < -0.39 is 139 Å². The lowest BCUT2D eigenvalue weighted by molar-refractivity contribution is -0.171. The van der Waals surface area contributed by atoms with Crippen LogP contribution in [0, 0.1) is 11.3 Å². The van der Waals surface area contributed by atoms with Crippen LogP contribution < -0.4 is 99.0 Å². The summed E-state index contributed by atoms with van der Waals surface area (Å²) in [6.07, 6.45) is 1.76. The van der Waals surface area contributed by atoms with E-state index in [4.69, 9.17) is 51.3 Å². The highest BCUT2D eigenvalue weighted by molar-refractivity contribution is 6.02. The van der Waals surface area contributed by atoms with E-state index in [2.05, 4.69) is 63.1 Å². The number of nitrogens with zero attached hydrogens (tertiary/aromatic N) is 2. The first kappa shape index (κ1) is 77.5. The minimum absolute atomic E-state index is 0.0136. The summed E-state index contributed by atoms with van der Waals surface area (Å²) in [7, 11) is 0. The number of nitrogens with two attached hydrogens (primary N) is 8. The van der Waals surface area contributed by atoms with Gasteiger partial charge in [0.2, 0.25) is 53.2 Å². The van der Waals surface area contributed by atoms with E-state index in [1.807, 2.05) is 0 Å². The van der Waals surface area contributed by atoms with Gasteiger partial charge in [0.1, 0.15) is 48.0 Å². The number of likely N-dealkylation sites (tertiary alicyclic amines) is 1. The molecule has 28 N–H and O–H groups in total. The Balaban J connectivity index is 2.44. The minimum atomic E-state index is -4.94. The van der Waals surface area contributed by atoms with Crippen molar-refractivity contribution >= 4 is 65.0 Å². The van der Waals surface area contributed by atoms with E-state index in [0.29, 0.717) is 75.9 Å². The molecule has 1 aliphatic heterocycles. The lowest BCUT2D eigenvalue weighted by Gasteiger charge is -2.30. The van der Waals surface area contributed by atoms with Gasteiger partial charge in [-0.25, -0.2) is 4.98 Å². The van der Waals surface area contributed by atoms with Gasteiger partial charge < -0.3 is 109 Å². The van der Waals surface area contributed by atoms with Gasteiger partial charge >= 0.3 is 6.18 Å². The summed E-state index contributed by atoms with van der Waals surface area (Å²) in [5, 5.41) is 32.8. The highest BCUT2D eigenvalue weighted by Crippen LogP contribution is 2.37. The molecule has 1 saturated heterocycles. The molecule has 9 atom stereocenters. The summed E-state index contributed by atoms with van der Waals surface area (Å²) in [6, 6.07) is -11.1. The highest BCUT2D eigenvalue weighted by Gasteiger charge is 2.52. The SMILES string of the molecule is C[C@H](NC(=O)[C@H](CCN)NC(=O)[C@@H](N)CCCCN)C(=O)NCC(=O)N[C@H](CCCN)C(=O)N1C[C@@H](C(F)(F)F)C[C@H]1C(=O)N[C@@H](Cc1cnc[nH]1)C(=O)N[C@@H](CCCCN)C(=O)N/C(=C\CCNC(=N)N)C(=O)N[C@@H](CCCCN)C(=O)NCCCCN. The van der Waals surface area contributed by atoms with E-state index in [1.54, 1.807) is 0 Å². The summed E-state index contributed by atoms with van der Waals surface area (Å²) in [5.74, 6) is -11.6. The first-order chi connectivity index (χ1) is 42.3. The van der Waals surface area contributed by atoms with E-state index in [1.165, 1.54) is 25.5 Å². The number of amides is 10. The van der Waals surface area contributed by atoms with Gasteiger partial charge in [-0.15, -0.1) is 0 Å². The van der Waals surface area contributed by atoms with Gasteiger partial charge in [-0.2, -0.15) is 13.2 Å². The van der Waals surface area contributed by atoms with Crippen LogP contribution in [-0.4, -0.2) is 200 Å². The number of carbonyl (C=O) groups excluding carboxylic acids is 10. The van der Waals surface area contributed by atoms with Crippen molar-refractivity contribution < 1.29 is 61.1 Å². The molecule has 0 unspecified atom stereocenters. The Morgan fingerprint density at radius 2 is 1.21 bits per heavy atom. The standard InChI is InChI=1S/C54H97F3N22O10/c1-32(72-47(84)39(17-23-63)74-45(82)35(64)12-2-5-18-58)44(81)70-29-43(80)73-40(15-10-22-62)52(89)79-30-33(54(55,56)57)26-42(79)51(88)78-41(27-34-28-67-31-71-34)50(87)77-37(14-4-7-20-60)48(85)76-38(16-11-25-69-53(65)66)49(86)75-36(13-3-6-19-59)46(83)68-24-9-8-21-61/h16,28,31-33,35-37,39-42H,2-15,17-27,29-30,58-64H2,1H3,(H,67,71)(H,68,83)(H,70,81)(H,72,84)(H,73,80)(H,74,82)(H,75,86)(H,76,85)(H,77,87)(H,78,88)(H4,65,66,69)/b38-16-/t32-,33-,35-,36-,37-,39-,40+,41-,42-/m0/s1. The number of H-pyrrole nitrogens is 1. The molecule has 0 bridgehead atoms. The van der Waals surface area contributed by atoms with Gasteiger partial charge in [-0.1, -0.05) is 12.5 Å². The summed E-state index contributed by atoms with van der Waals surface area (Å²) < 4.78 is 43.9. The Morgan fingerprint density at radius 1 is 0.640 bits per heavy atom. The van der Waals surface area contributed by atoms with Crippen LogP contribution in [0.1, 0.15) is 115 Å². The van der Waals surface area contributed by atoms with Gasteiger partial charge in [-0.3, -0.25) is 53.4 Å². The van der Waals surface area contributed by atoms with E-state index >= 15 is 0 Å².